The molecule has 0 saturated heterocycles. The molecule has 0 bridgehead atoms. The standard InChI is InChI=1S/C13H26N2O3/c1-4-13(5-2,12(17)18)9-15-11(16)8-6-7-10(3)14/h10H,4-9,14H2,1-3H3,(H,15,16)(H,17,18). The van der Waals surface area contributed by atoms with Gasteiger partial charge in [-0.25, -0.2) is 0 Å². The normalized spacial score (nSPS) is 13.1. The van der Waals surface area contributed by atoms with E-state index >= 15 is 0 Å². The molecule has 1 unspecified atom stereocenters. The fourth-order valence-corrected chi connectivity index (χ4v) is 1.82. The number of amides is 1. The number of hydrogen-bond acceptors (Lipinski definition) is 3. The van der Waals surface area contributed by atoms with Gasteiger partial charge in [-0.3, -0.25) is 9.59 Å². The maximum absolute atomic E-state index is 11.6. The van der Waals surface area contributed by atoms with Crippen LogP contribution < -0.4 is 11.1 Å². The highest BCUT2D eigenvalue weighted by atomic mass is 16.4. The summed E-state index contributed by atoms with van der Waals surface area (Å²) in [6, 6.07) is 0.0993. The smallest absolute Gasteiger partial charge is 0.311 e. The third-order valence-corrected chi connectivity index (χ3v) is 3.49. The Balaban J connectivity index is 4.12. The Labute approximate surface area is 109 Å². The second-order valence-corrected chi connectivity index (χ2v) is 4.94. The maximum Gasteiger partial charge on any atom is 0.311 e. The molecule has 0 heterocycles. The second kappa shape index (κ2) is 8.08. The number of hydrogen-bond donors (Lipinski definition) is 3. The van der Waals surface area contributed by atoms with E-state index in [1.807, 2.05) is 20.8 Å². The SMILES string of the molecule is CCC(CC)(CNC(=O)CCCC(C)N)C(=O)O. The molecule has 0 aliphatic carbocycles. The predicted octanol–water partition coefficient (Wildman–Crippen LogP) is 1.51. The molecule has 1 amide bonds. The predicted molar refractivity (Wildman–Crippen MR) is 71.2 cm³/mol. The van der Waals surface area contributed by atoms with Gasteiger partial charge in [-0.05, 0) is 32.6 Å². The Hall–Kier alpha value is -1.10. The number of carbonyl (C=O) groups excluding carboxylic acids is 1. The van der Waals surface area contributed by atoms with Gasteiger partial charge in [0.25, 0.3) is 0 Å². The van der Waals surface area contributed by atoms with Crippen LogP contribution in [0.1, 0.15) is 52.9 Å². The van der Waals surface area contributed by atoms with Crippen LogP contribution in [0, 0.1) is 5.41 Å². The van der Waals surface area contributed by atoms with E-state index in [4.69, 9.17) is 5.73 Å². The molecule has 106 valence electrons. The van der Waals surface area contributed by atoms with E-state index in [9.17, 15) is 14.7 Å². The molecule has 5 nitrogen and oxygen atoms in total. The topological polar surface area (TPSA) is 92.4 Å². The third-order valence-electron chi connectivity index (χ3n) is 3.49. The summed E-state index contributed by atoms with van der Waals surface area (Å²) in [4.78, 5) is 22.8. The van der Waals surface area contributed by atoms with Gasteiger partial charge in [0.1, 0.15) is 0 Å². The van der Waals surface area contributed by atoms with E-state index < -0.39 is 11.4 Å². The largest absolute Gasteiger partial charge is 0.481 e. The van der Waals surface area contributed by atoms with Crippen molar-refractivity contribution in [2.75, 3.05) is 6.54 Å². The van der Waals surface area contributed by atoms with Gasteiger partial charge in [0.2, 0.25) is 5.91 Å². The first-order chi connectivity index (χ1) is 8.38. The lowest BCUT2D eigenvalue weighted by Crippen LogP contribution is -2.42. The van der Waals surface area contributed by atoms with Crippen LogP contribution in [0.15, 0.2) is 0 Å². The number of carboxylic acid groups (broad SMARTS) is 1. The summed E-state index contributed by atoms with van der Waals surface area (Å²) >= 11 is 0. The van der Waals surface area contributed by atoms with Crippen molar-refractivity contribution >= 4 is 11.9 Å². The molecule has 0 fully saturated rings. The highest BCUT2D eigenvalue weighted by Crippen LogP contribution is 2.25. The summed E-state index contributed by atoms with van der Waals surface area (Å²) in [6.45, 7) is 5.77. The van der Waals surface area contributed by atoms with Gasteiger partial charge in [-0.15, -0.1) is 0 Å². The zero-order chi connectivity index (χ0) is 14.2. The quantitative estimate of drug-likeness (QED) is 0.584. The zero-order valence-electron chi connectivity index (χ0n) is 11.7. The fraction of sp³-hybridized carbons (Fsp3) is 0.846. The molecule has 0 radical (unpaired) electrons. The fourth-order valence-electron chi connectivity index (χ4n) is 1.82. The Morgan fingerprint density at radius 1 is 1.33 bits per heavy atom. The van der Waals surface area contributed by atoms with Crippen LogP contribution in [0.25, 0.3) is 0 Å². The first-order valence-corrected chi connectivity index (χ1v) is 6.63. The van der Waals surface area contributed by atoms with Crippen LogP contribution in [-0.2, 0) is 9.59 Å². The van der Waals surface area contributed by atoms with Gasteiger partial charge in [-0.1, -0.05) is 13.8 Å². The van der Waals surface area contributed by atoms with Crippen LogP contribution in [0.2, 0.25) is 0 Å². The van der Waals surface area contributed by atoms with Crippen molar-refractivity contribution < 1.29 is 14.7 Å². The van der Waals surface area contributed by atoms with Crippen LogP contribution in [0.5, 0.6) is 0 Å². The van der Waals surface area contributed by atoms with Crippen molar-refractivity contribution in [2.45, 2.75) is 58.9 Å². The Kier molecular flexibility index (Phi) is 7.59. The molecule has 0 saturated carbocycles. The average Bonchev–Trinajstić information content (AvgIpc) is 2.30. The van der Waals surface area contributed by atoms with Crippen molar-refractivity contribution in [3.63, 3.8) is 0 Å². The van der Waals surface area contributed by atoms with Gasteiger partial charge < -0.3 is 16.2 Å². The lowest BCUT2D eigenvalue weighted by molar-refractivity contribution is -0.149. The van der Waals surface area contributed by atoms with E-state index in [-0.39, 0.29) is 18.5 Å². The molecule has 18 heavy (non-hydrogen) atoms. The number of carboxylic acids is 1. The molecule has 0 spiro atoms. The number of aliphatic carboxylic acids is 1. The molecule has 0 aliphatic heterocycles. The van der Waals surface area contributed by atoms with E-state index in [0.29, 0.717) is 19.3 Å². The molecule has 1 atom stereocenters. The molecule has 0 aromatic carbocycles. The molecular weight excluding hydrogens is 232 g/mol. The van der Waals surface area contributed by atoms with Gasteiger partial charge in [0.15, 0.2) is 0 Å². The van der Waals surface area contributed by atoms with Crippen LogP contribution >= 0.6 is 0 Å². The Morgan fingerprint density at radius 2 is 1.89 bits per heavy atom. The van der Waals surface area contributed by atoms with E-state index in [1.165, 1.54) is 0 Å². The Bertz CT molecular complexity index is 273. The van der Waals surface area contributed by atoms with Gasteiger partial charge in [0.05, 0.1) is 5.41 Å². The average molecular weight is 258 g/mol. The summed E-state index contributed by atoms with van der Waals surface area (Å²) < 4.78 is 0. The summed E-state index contributed by atoms with van der Waals surface area (Å²) in [5, 5.41) is 11.9. The first-order valence-electron chi connectivity index (χ1n) is 6.63. The lowest BCUT2D eigenvalue weighted by atomic mass is 9.82. The van der Waals surface area contributed by atoms with Crippen molar-refractivity contribution in [3.05, 3.63) is 0 Å². The number of nitrogens with one attached hydrogen (secondary N) is 1. The van der Waals surface area contributed by atoms with Crippen molar-refractivity contribution in [1.29, 1.82) is 0 Å². The lowest BCUT2D eigenvalue weighted by Gasteiger charge is -2.26. The van der Waals surface area contributed by atoms with Crippen molar-refractivity contribution in [2.24, 2.45) is 11.1 Å². The monoisotopic (exact) mass is 258 g/mol. The zero-order valence-corrected chi connectivity index (χ0v) is 11.7. The number of nitrogens with two attached hydrogens (primary N) is 1. The number of carbonyl (C=O) groups is 2. The van der Waals surface area contributed by atoms with E-state index in [1.54, 1.807) is 0 Å². The highest BCUT2D eigenvalue weighted by molar-refractivity contribution is 5.79. The second-order valence-electron chi connectivity index (χ2n) is 4.94. The minimum Gasteiger partial charge on any atom is -0.481 e. The first kappa shape index (κ1) is 16.9. The highest BCUT2D eigenvalue weighted by Gasteiger charge is 2.34. The number of rotatable bonds is 9. The Morgan fingerprint density at radius 3 is 2.28 bits per heavy atom. The van der Waals surface area contributed by atoms with Crippen LogP contribution in [0.3, 0.4) is 0 Å². The van der Waals surface area contributed by atoms with Crippen LogP contribution in [0.4, 0.5) is 0 Å². The van der Waals surface area contributed by atoms with Crippen LogP contribution in [-0.4, -0.2) is 29.6 Å². The summed E-state index contributed by atoms with van der Waals surface area (Å²) in [5.41, 5.74) is 4.76. The van der Waals surface area contributed by atoms with Gasteiger partial charge in [0, 0.05) is 19.0 Å². The molecule has 0 aromatic heterocycles. The molecule has 0 rings (SSSR count). The summed E-state index contributed by atoms with van der Waals surface area (Å²) in [6.07, 6.45) is 2.98. The third kappa shape index (κ3) is 5.49. The molecule has 4 N–H and O–H groups in total. The van der Waals surface area contributed by atoms with Gasteiger partial charge in [-0.2, -0.15) is 0 Å². The van der Waals surface area contributed by atoms with E-state index in [0.717, 1.165) is 12.8 Å². The van der Waals surface area contributed by atoms with Gasteiger partial charge >= 0.3 is 5.97 Å². The molecule has 5 heteroatoms. The molecule has 0 aromatic rings. The van der Waals surface area contributed by atoms with E-state index in [2.05, 4.69) is 5.32 Å². The summed E-state index contributed by atoms with van der Waals surface area (Å²) in [7, 11) is 0. The van der Waals surface area contributed by atoms with Crippen molar-refractivity contribution in [3.8, 4) is 0 Å². The van der Waals surface area contributed by atoms with Crippen molar-refractivity contribution in [1.82, 2.24) is 5.32 Å². The maximum atomic E-state index is 11.6. The summed E-state index contributed by atoms with van der Waals surface area (Å²) in [5.74, 6) is -0.938. The minimum absolute atomic E-state index is 0.0943. The minimum atomic E-state index is -0.844. The molecular formula is C13H26N2O3. The molecule has 0 aliphatic rings.